The maximum atomic E-state index is 13.5. The number of aryl methyl sites for hydroxylation is 1. The van der Waals surface area contributed by atoms with E-state index in [-0.39, 0.29) is 0 Å². The van der Waals surface area contributed by atoms with Crippen LogP contribution in [0.4, 0.5) is 4.39 Å². The number of hydrogen-bond acceptors (Lipinski definition) is 2. The van der Waals surface area contributed by atoms with Gasteiger partial charge in [-0.2, -0.15) is 0 Å². The van der Waals surface area contributed by atoms with Gasteiger partial charge >= 0.3 is 0 Å². The average Bonchev–Trinajstić information content (AvgIpc) is 2.76. The molecule has 0 aromatic carbocycles. The highest BCUT2D eigenvalue weighted by Gasteiger charge is 2.15. The Bertz CT molecular complexity index is 685. The molecule has 6 heteroatoms. The van der Waals surface area contributed by atoms with Crippen molar-refractivity contribution in [2.45, 2.75) is 45.8 Å². The van der Waals surface area contributed by atoms with Gasteiger partial charge in [0.05, 0.1) is 5.52 Å². The Morgan fingerprint density at radius 1 is 1.38 bits per heavy atom. The second-order valence-corrected chi connectivity index (χ2v) is 12.1. The van der Waals surface area contributed by atoms with Crippen molar-refractivity contribution in [1.29, 1.82) is 0 Å². The number of nitrogens with zero attached hydrogens (tertiary/aromatic N) is 1. The SMILES string of the molecule is CCc1cc2[nH]cc(F)c(=O)c2n1COCC[Si](C)(C)C. The Morgan fingerprint density at radius 3 is 2.71 bits per heavy atom. The van der Waals surface area contributed by atoms with Gasteiger partial charge in [-0.25, -0.2) is 4.39 Å². The molecule has 0 bridgehead atoms. The van der Waals surface area contributed by atoms with E-state index in [0.717, 1.165) is 24.4 Å². The highest BCUT2D eigenvalue weighted by atomic mass is 28.3. The Kier molecular flexibility index (Phi) is 4.68. The monoisotopic (exact) mass is 310 g/mol. The molecule has 116 valence electrons. The summed E-state index contributed by atoms with van der Waals surface area (Å²) < 4.78 is 21.0. The molecule has 0 aliphatic heterocycles. The molecule has 4 nitrogen and oxygen atoms in total. The van der Waals surface area contributed by atoms with Crippen LogP contribution in [0.1, 0.15) is 12.6 Å². The van der Waals surface area contributed by atoms with Crippen LogP contribution in [0, 0.1) is 5.82 Å². The summed E-state index contributed by atoms with van der Waals surface area (Å²) in [5.41, 5.74) is 1.42. The predicted octanol–water partition coefficient (Wildman–Crippen LogP) is 3.34. The third-order valence-electron chi connectivity index (χ3n) is 3.55. The number of nitrogens with one attached hydrogen (secondary N) is 1. The van der Waals surface area contributed by atoms with E-state index in [2.05, 4.69) is 24.6 Å². The zero-order valence-corrected chi connectivity index (χ0v) is 14.1. The summed E-state index contributed by atoms with van der Waals surface area (Å²) in [6, 6.07) is 2.95. The van der Waals surface area contributed by atoms with Crippen LogP contribution in [0.3, 0.4) is 0 Å². The fraction of sp³-hybridized carbons (Fsp3) is 0.533. The minimum Gasteiger partial charge on any atom is -0.361 e. The average molecular weight is 310 g/mol. The van der Waals surface area contributed by atoms with E-state index in [1.807, 2.05) is 13.0 Å². The first-order chi connectivity index (χ1) is 9.83. The van der Waals surface area contributed by atoms with Crippen molar-refractivity contribution in [2.24, 2.45) is 0 Å². The maximum absolute atomic E-state index is 13.5. The lowest BCUT2D eigenvalue weighted by Crippen LogP contribution is -2.22. The first-order valence-corrected chi connectivity index (χ1v) is 11.0. The Morgan fingerprint density at radius 2 is 2.10 bits per heavy atom. The van der Waals surface area contributed by atoms with Crippen LogP contribution in [-0.4, -0.2) is 24.2 Å². The lowest BCUT2D eigenvalue weighted by Gasteiger charge is -2.16. The van der Waals surface area contributed by atoms with Crippen LogP contribution < -0.4 is 5.43 Å². The Hall–Kier alpha value is -1.40. The van der Waals surface area contributed by atoms with Crippen molar-refractivity contribution >= 4 is 19.1 Å². The molecule has 2 aromatic rings. The first kappa shape index (κ1) is 16.0. The molecule has 2 aromatic heterocycles. The van der Waals surface area contributed by atoms with Gasteiger partial charge in [-0.1, -0.05) is 26.6 Å². The van der Waals surface area contributed by atoms with Crippen LogP contribution in [0.2, 0.25) is 25.7 Å². The molecule has 21 heavy (non-hydrogen) atoms. The van der Waals surface area contributed by atoms with Crippen LogP contribution in [0.15, 0.2) is 17.1 Å². The predicted molar refractivity (Wildman–Crippen MR) is 86.0 cm³/mol. The molecule has 0 radical (unpaired) electrons. The van der Waals surface area contributed by atoms with Crippen molar-refractivity contribution in [3.63, 3.8) is 0 Å². The zero-order valence-electron chi connectivity index (χ0n) is 13.1. The van der Waals surface area contributed by atoms with E-state index in [0.29, 0.717) is 24.4 Å². The summed E-state index contributed by atoms with van der Waals surface area (Å²) >= 11 is 0. The van der Waals surface area contributed by atoms with Crippen molar-refractivity contribution in [1.82, 2.24) is 9.55 Å². The highest BCUT2D eigenvalue weighted by molar-refractivity contribution is 6.76. The Balaban J connectivity index is 2.25. The molecular weight excluding hydrogens is 287 g/mol. The number of aromatic amines is 1. The first-order valence-electron chi connectivity index (χ1n) is 7.30. The molecule has 0 amide bonds. The smallest absolute Gasteiger partial charge is 0.241 e. The number of H-pyrrole nitrogens is 1. The molecule has 1 N–H and O–H groups in total. The minimum absolute atomic E-state index is 0.295. The third-order valence-corrected chi connectivity index (χ3v) is 5.25. The lowest BCUT2D eigenvalue weighted by atomic mass is 10.3. The van der Waals surface area contributed by atoms with Gasteiger partial charge in [0, 0.05) is 26.6 Å². The van der Waals surface area contributed by atoms with Gasteiger partial charge in [-0.3, -0.25) is 4.79 Å². The molecule has 0 saturated carbocycles. The fourth-order valence-corrected chi connectivity index (χ4v) is 3.01. The van der Waals surface area contributed by atoms with Gasteiger partial charge < -0.3 is 14.3 Å². The van der Waals surface area contributed by atoms with Crippen LogP contribution in [-0.2, 0) is 17.9 Å². The molecule has 0 unspecified atom stereocenters. The summed E-state index contributed by atoms with van der Waals surface area (Å²) in [6.45, 7) is 9.85. The molecule has 0 spiro atoms. The number of fused-ring (bicyclic) bond motifs is 1. The summed E-state index contributed by atoms with van der Waals surface area (Å²) in [6.07, 6.45) is 1.88. The van der Waals surface area contributed by atoms with Gasteiger partial charge in [0.2, 0.25) is 5.43 Å². The standard InChI is InChI=1S/C15H23FN2O2Si/c1-5-11-8-13-14(15(19)12(16)9-17-13)18(11)10-20-6-7-21(2,3)4/h8-9H,5-7,10H2,1-4H3,(H,17,19). The van der Waals surface area contributed by atoms with Gasteiger partial charge in [0.1, 0.15) is 12.2 Å². The Labute approximate surface area is 124 Å². The molecule has 0 aliphatic carbocycles. The van der Waals surface area contributed by atoms with Gasteiger partial charge in [-0.05, 0) is 18.5 Å². The van der Waals surface area contributed by atoms with E-state index in [4.69, 9.17) is 4.74 Å². The number of halogens is 1. The van der Waals surface area contributed by atoms with Crippen molar-refractivity contribution in [2.75, 3.05) is 6.61 Å². The van der Waals surface area contributed by atoms with Gasteiger partial charge in [0.25, 0.3) is 0 Å². The van der Waals surface area contributed by atoms with E-state index >= 15 is 0 Å². The van der Waals surface area contributed by atoms with Crippen LogP contribution in [0.25, 0.3) is 11.0 Å². The quantitative estimate of drug-likeness (QED) is 0.657. The maximum Gasteiger partial charge on any atom is 0.241 e. The van der Waals surface area contributed by atoms with Crippen LogP contribution in [0.5, 0.6) is 0 Å². The fourth-order valence-electron chi connectivity index (χ4n) is 2.25. The van der Waals surface area contributed by atoms with Gasteiger partial charge in [-0.15, -0.1) is 0 Å². The normalized spacial score (nSPS) is 12.2. The van der Waals surface area contributed by atoms with E-state index in [9.17, 15) is 9.18 Å². The van der Waals surface area contributed by atoms with Gasteiger partial charge in [0.15, 0.2) is 5.82 Å². The molecule has 0 atom stereocenters. The highest BCUT2D eigenvalue weighted by Crippen LogP contribution is 2.17. The molecule has 0 fully saturated rings. The summed E-state index contributed by atoms with van der Waals surface area (Å²) in [7, 11) is -1.14. The van der Waals surface area contributed by atoms with E-state index < -0.39 is 19.3 Å². The molecule has 2 heterocycles. The van der Waals surface area contributed by atoms with Crippen molar-refractivity contribution in [3.05, 3.63) is 34.0 Å². The summed E-state index contributed by atoms with van der Waals surface area (Å²) in [4.78, 5) is 14.8. The number of ether oxygens (including phenoxy) is 1. The second-order valence-electron chi connectivity index (χ2n) is 6.49. The zero-order chi connectivity index (χ0) is 15.6. The van der Waals surface area contributed by atoms with E-state index in [1.165, 1.54) is 0 Å². The van der Waals surface area contributed by atoms with E-state index in [1.54, 1.807) is 4.57 Å². The van der Waals surface area contributed by atoms with Crippen molar-refractivity contribution in [3.8, 4) is 0 Å². The minimum atomic E-state index is -1.14. The molecule has 2 rings (SSSR count). The number of pyridine rings is 1. The van der Waals surface area contributed by atoms with Crippen LogP contribution >= 0.6 is 0 Å². The molecular formula is C15H23FN2O2Si. The largest absolute Gasteiger partial charge is 0.361 e. The summed E-state index contributed by atoms with van der Waals surface area (Å²) in [5, 5.41) is 0. The number of rotatable bonds is 6. The second kappa shape index (κ2) is 6.15. The number of hydrogen-bond donors (Lipinski definition) is 1. The molecule has 0 aliphatic rings. The number of aromatic nitrogens is 2. The topological polar surface area (TPSA) is 47.0 Å². The third kappa shape index (κ3) is 3.62. The lowest BCUT2D eigenvalue weighted by molar-refractivity contribution is 0.0884. The molecule has 0 saturated heterocycles. The summed E-state index contributed by atoms with van der Waals surface area (Å²) in [5.74, 6) is -0.758. The van der Waals surface area contributed by atoms with Crippen molar-refractivity contribution < 1.29 is 9.13 Å².